The summed E-state index contributed by atoms with van der Waals surface area (Å²) in [6, 6.07) is 26.0. The summed E-state index contributed by atoms with van der Waals surface area (Å²) in [5, 5.41) is 10.3. The van der Waals surface area contributed by atoms with E-state index in [1.54, 1.807) is 30.3 Å². The first-order chi connectivity index (χ1) is 15.3. The highest BCUT2D eigenvalue weighted by Crippen LogP contribution is 2.31. The van der Waals surface area contributed by atoms with Gasteiger partial charge in [0.2, 0.25) is 0 Å². The van der Waals surface area contributed by atoms with E-state index in [2.05, 4.69) is 0 Å². The molecule has 32 heavy (non-hydrogen) atoms. The van der Waals surface area contributed by atoms with Crippen molar-refractivity contribution >= 4 is 17.3 Å². The number of nitrogens with two attached hydrogens (primary N) is 1. The minimum absolute atomic E-state index is 0.167. The van der Waals surface area contributed by atoms with Gasteiger partial charge < -0.3 is 20.3 Å². The average Bonchev–Trinajstić information content (AvgIpc) is 2.76. The highest BCUT2D eigenvalue weighted by molar-refractivity contribution is 6.30. The molecule has 0 bridgehead atoms. The molecule has 4 aromatic carbocycles. The minimum atomic E-state index is 0.167. The second kappa shape index (κ2) is 10.6. The number of hydrogen-bond donors (Lipinski definition) is 2. The maximum Gasteiger partial charge on any atom is 0.169 e. The molecule has 0 saturated heterocycles. The Morgan fingerprint density at radius 2 is 1.09 bits per heavy atom. The van der Waals surface area contributed by atoms with Crippen LogP contribution in [0.5, 0.6) is 28.7 Å². The maximum atomic E-state index is 9.68. The first-order valence-electron chi connectivity index (χ1n) is 10.1. The van der Waals surface area contributed by atoms with Gasteiger partial charge in [0.1, 0.15) is 17.2 Å². The largest absolute Gasteiger partial charge is 0.504 e. The third-order valence-electron chi connectivity index (χ3n) is 4.58. The molecule has 0 fully saturated rings. The lowest BCUT2D eigenvalue weighted by Gasteiger charge is -2.08. The molecule has 0 aliphatic carbocycles. The Morgan fingerprint density at radius 1 is 0.625 bits per heavy atom. The molecular weight excluding hydrogens is 422 g/mol. The van der Waals surface area contributed by atoms with Gasteiger partial charge in [0.05, 0.1) is 5.69 Å². The van der Waals surface area contributed by atoms with Crippen molar-refractivity contribution in [1.29, 1.82) is 0 Å². The Morgan fingerprint density at radius 3 is 1.59 bits per heavy atom. The zero-order chi connectivity index (χ0) is 23.1. The van der Waals surface area contributed by atoms with Gasteiger partial charge in [-0.2, -0.15) is 0 Å². The molecule has 0 radical (unpaired) electrons. The number of phenolic OH excluding ortho intramolecular Hbond substituents is 1. The number of ether oxygens (including phenoxy) is 2. The second-order valence-electron chi connectivity index (χ2n) is 7.48. The van der Waals surface area contributed by atoms with Gasteiger partial charge in [-0.1, -0.05) is 53.1 Å². The third kappa shape index (κ3) is 6.69. The van der Waals surface area contributed by atoms with Crippen LogP contribution in [0, 0.1) is 20.8 Å². The van der Waals surface area contributed by atoms with Crippen LogP contribution in [0.1, 0.15) is 16.7 Å². The summed E-state index contributed by atoms with van der Waals surface area (Å²) in [6.45, 7) is 5.98. The van der Waals surface area contributed by atoms with Crippen molar-refractivity contribution in [2.75, 3.05) is 5.73 Å². The summed E-state index contributed by atoms with van der Waals surface area (Å²) in [4.78, 5) is 0. The van der Waals surface area contributed by atoms with Crippen LogP contribution in [0.15, 0.2) is 84.9 Å². The van der Waals surface area contributed by atoms with Crippen molar-refractivity contribution < 1.29 is 14.6 Å². The van der Waals surface area contributed by atoms with Crippen LogP contribution >= 0.6 is 11.6 Å². The predicted molar refractivity (Wildman–Crippen MR) is 131 cm³/mol. The van der Waals surface area contributed by atoms with E-state index < -0.39 is 0 Å². The lowest BCUT2D eigenvalue weighted by molar-refractivity contribution is 0.411. The first-order valence-corrected chi connectivity index (χ1v) is 10.5. The summed E-state index contributed by atoms with van der Waals surface area (Å²) in [6.07, 6.45) is 0. The summed E-state index contributed by atoms with van der Waals surface area (Å²) in [7, 11) is 0. The van der Waals surface area contributed by atoms with Crippen LogP contribution in [-0.2, 0) is 0 Å². The Labute approximate surface area is 193 Å². The first kappa shape index (κ1) is 23.0. The minimum Gasteiger partial charge on any atom is -0.504 e. The Balaban J connectivity index is 0.000000181. The summed E-state index contributed by atoms with van der Waals surface area (Å²) in [5.74, 6) is 2.76. The highest BCUT2D eigenvalue weighted by atomic mass is 35.5. The standard InChI is InChI=1S/C14H14O2.C13H12ClNO/c1-10-3-6-12(7-4-10)16-14-8-5-11(2)9-13(14)15;1-9-2-5-11(6-3-9)16-13-7-4-10(14)8-12(13)15/h3-9,15H,1-2H3;2-8H,15H2,1H3. The quantitative estimate of drug-likeness (QED) is 0.313. The smallest absolute Gasteiger partial charge is 0.169 e. The third-order valence-corrected chi connectivity index (χ3v) is 4.82. The predicted octanol–water partition coefficient (Wildman–Crippen LogP) is 7.82. The molecule has 0 aromatic heterocycles. The van der Waals surface area contributed by atoms with Crippen molar-refractivity contribution in [3.63, 3.8) is 0 Å². The van der Waals surface area contributed by atoms with E-state index in [0.717, 1.165) is 17.1 Å². The SMILES string of the molecule is Cc1ccc(Oc2ccc(C)cc2O)cc1.Cc1ccc(Oc2ccc(Cl)cc2N)cc1. The van der Waals surface area contributed by atoms with Crippen molar-refractivity contribution in [2.45, 2.75) is 20.8 Å². The Kier molecular flexibility index (Phi) is 7.63. The maximum absolute atomic E-state index is 9.68. The lowest BCUT2D eigenvalue weighted by atomic mass is 10.2. The van der Waals surface area contributed by atoms with Crippen molar-refractivity contribution in [1.82, 2.24) is 0 Å². The van der Waals surface area contributed by atoms with E-state index in [4.69, 9.17) is 26.8 Å². The van der Waals surface area contributed by atoms with Crippen molar-refractivity contribution in [2.24, 2.45) is 0 Å². The normalized spacial score (nSPS) is 10.1. The van der Waals surface area contributed by atoms with Gasteiger partial charge in [-0.05, 0) is 80.9 Å². The number of benzene rings is 4. The Bertz CT molecular complexity index is 1080. The van der Waals surface area contributed by atoms with E-state index in [1.807, 2.05) is 75.4 Å². The fourth-order valence-corrected chi connectivity index (χ4v) is 2.97. The van der Waals surface area contributed by atoms with Gasteiger partial charge in [-0.3, -0.25) is 0 Å². The number of hydrogen-bond acceptors (Lipinski definition) is 4. The fourth-order valence-electron chi connectivity index (χ4n) is 2.79. The van der Waals surface area contributed by atoms with Gasteiger partial charge in [0.25, 0.3) is 0 Å². The monoisotopic (exact) mass is 447 g/mol. The van der Waals surface area contributed by atoms with Crippen LogP contribution in [-0.4, -0.2) is 5.11 Å². The number of nitrogen functional groups attached to an aromatic ring is 1. The number of aromatic hydroxyl groups is 1. The van der Waals surface area contributed by atoms with E-state index in [1.165, 1.54) is 11.1 Å². The van der Waals surface area contributed by atoms with E-state index >= 15 is 0 Å². The van der Waals surface area contributed by atoms with Gasteiger partial charge in [0, 0.05) is 5.02 Å². The molecule has 0 atom stereocenters. The van der Waals surface area contributed by atoms with E-state index in [9.17, 15) is 5.11 Å². The van der Waals surface area contributed by atoms with Crippen LogP contribution in [0.4, 0.5) is 5.69 Å². The number of phenols is 1. The molecule has 0 saturated carbocycles. The molecular formula is C27H26ClNO3. The van der Waals surface area contributed by atoms with Gasteiger partial charge in [0.15, 0.2) is 11.5 Å². The van der Waals surface area contributed by atoms with Crippen LogP contribution in [0.3, 0.4) is 0 Å². The molecule has 0 aliphatic rings. The van der Waals surface area contributed by atoms with E-state index in [-0.39, 0.29) is 5.75 Å². The summed E-state index contributed by atoms with van der Waals surface area (Å²) < 4.78 is 11.2. The molecule has 5 heteroatoms. The second-order valence-corrected chi connectivity index (χ2v) is 7.92. The van der Waals surface area contributed by atoms with Crippen molar-refractivity contribution in [3.05, 3.63) is 107 Å². The van der Waals surface area contributed by atoms with E-state index in [0.29, 0.717) is 22.2 Å². The topological polar surface area (TPSA) is 64.7 Å². The average molecular weight is 448 g/mol. The Hall–Kier alpha value is -3.63. The molecule has 164 valence electrons. The fraction of sp³-hybridized carbons (Fsp3) is 0.111. The van der Waals surface area contributed by atoms with Gasteiger partial charge in [-0.25, -0.2) is 0 Å². The molecule has 0 unspecified atom stereocenters. The van der Waals surface area contributed by atoms with Crippen LogP contribution in [0.2, 0.25) is 5.02 Å². The molecule has 3 N–H and O–H groups in total. The van der Waals surface area contributed by atoms with Crippen LogP contribution in [0.25, 0.3) is 0 Å². The van der Waals surface area contributed by atoms with Crippen LogP contribution < -0.4 is 15.2 Å². The summed E-state index contributed by atoms with van der Waals surface area (Å²) >= 11 is 5.81. The van der Waals surface area contributed by atoms with Gasteiger partial charge in [-0.15, -0.1) is 0 Å². The molecule has 0 spiro atoms. The number of halogens is 1. The van der Waals surface area contributed by atoms with Crippen molar-refractivity contribution in [3.8, 4) is 28.7 Å². The summed E-state index contributed by atoms with van der Waals surface area (Å²) in [5.41, 5.74) is 9.71. The molecule has 0 amide bonds. The zero-order valence-corrected chi connectivity index (χ0v) is 19.1. The molecule has 4 rings (SSSR count). The lowest BCUT2D eigenvalue weighted by Crippen LogP contribution is -1.91. The number of rotatable bonds is 4. The number of aryl methyl sites for hydroxylation is 3. The molecule has 0 heterocycles. The highest BCUT2D eigenvalue weighted by Gasteiger charge is 2.04. The number of anilines is 1. The zero-order valence-electron chi connectivity index (χ0n) is 18.3. The molecule has 4 nitrogen and oxygen atoms in total. The molecule has 4 aromatic rings. The molecule has 0 aliphatic heterocycles. The van der Waals surface area contributed by atoms with Gasteiger partial charge >= 0.3 is 0 Å².